The van der Waals surface area contributed by atoms with E-state index < -0.39 is 11.9 Å². The summed E-state index contributed by atoms with van der Waals surface area (Å²) in [7, 11) is 0. The third kappa shape index (κ3) is 4.02. The maximum Gasteiger partial charge on any atom is 0.325 e. The first-order chi connectivity index (χ1) is 12.4. The van der Waals surface area contributed by atoms with Crippen LogP contribution in [0.4, 0.5) is 20.6 Å². The number of anilines is 2. The largest absolute Gasteiger partial charge is 0.360 e. The average molecular weight is 355 g/mol. The minimum absolute atomic E-state index is 0.0613. The predicted octanol–water partition coefficient (Wildman–Crippen LogP) is 3.54. The molecule has 0 aromatic heterocycles. The van der Waals surface area contributed by atoms with Crippen molar-refractivity contribution in [1.29, 1.82) is 0 Å². The maximum atomic E-state index is 14.1. The number of rotatable bonds is 3. The normalized spacial score (nSPS) is 13.1. The number of halogens is 1. The zero-order valence-corrected chi connectivity index (χ0v) is 14.9. The first kappa shape index (κ1) is 17.9. The molecule has 1 heterocycles. The molecule has 0 aliphatic carbocycles. The molecule has 0 radical (unpaired) electrons. The molecule has 0 fully saturated rings. The first-order valence-corrected chi connectivity index (χ1v) is 8.64. The van der Waals surface area contributed by atoms with E-state index >= 15 is 0 Å². The lowest BCUT2D eigenvalue weighted by molar-refractivity contribution is -0.118. The van der Waals surface area contributed by atoms with Crippen molar-refractivity contribution in [2.24, 2.45) is 0 Å². The topological polar surface area (TPSA) is 61.4 Å². The molecule has 3 rings (SSSR count). The second-order valence-corrected chi connectivity index (χ2v) is 6.59. The highest BCUT2D eigenvalue weighted by Gasteiger charge is 2.23. The Hall–Kier alpha value is -2.89. The van der Waals surface area contributed by atoms with Crippen LogP contribution in [0.15, 0.2) is 36.4 Å². The van der Waals surface area contributed by atoms with Crippen LogP contribution in [0.1, 0.15) is 23.1 Å². The number of imide groups is 1. The van der Waals surface area contributed by atoms with Crippen molar-refractivity contribution in [2.45, 2.75) is 26.7 Å². The summed E-state index contributed by atoms with van der Waals surface area (Å²) in [4.78, 5) is 26.0. The molecule has 3 amide bonds. The smallest absolute Gasteiger partial charge is 0.325 e. The van der Waals surface area contributed by atoms with Gasteiger partial charge in [-0.3, -0.25) is 10.1 Å². The molecule has 26 heavy (non-hydrogen) atoms. The number of hydrogen-bond acceptors (Lipinski definition) is 3. The van der Waals surface area contributed by atoms with Gasteiger partial charge in [-0.2, -0.15) is 0 Å². The van der Waals surface area contributed by atoms with E-state index in [0.29, 0.717) is 17.9 Å². The van der Waals surface area contributed by atoms with E-state index in [2.05, 4.69) is 10.6 Å². The summed E-state index contributed by atoms with van der Waals surface area (Å²) in [5.41, 5.74) is 4.01. The lowest BCUT2D eigenvalue weighted by Crippen LogP contribution is -2.43. The molecule has 0 saturated carbocycles. The lowest BCUT2D eigenvalue weighted by Gasteiger charge is -2.30. The van der Waals surface area contributed by atoms with Crippen molar-refractivity contribution in [2.75, 3.05) is 23.3 Å². The fourth-order valence-electron chi connectivity index (χ4n) is 3.29. The van der Waals surface area contributed by atoms with E-state index in [9.17, 15) is 14.0 Å². The number of nitrogens with zero attached hydrogens (tertiary/aromatic N) is 1. The van der Waals surface area contributed by atoms with Crippen LogP contribution in [0.25, 0.3) is 0 Å². The minimum atomic E-state index is -0.590. The molecule has 1 aliphatic rings. The van der Waals surface area contributed by atoms with Crippen LogP contribution < -0.4 is 15.5 Å². The highest BCUT2D eigenvalue weighted by molar-refractivity contribution is 6.02. The predicted molar refractivity (Wildman–Crippen MR) is 100 cm³/mol. The van der Waals surface area contributed by atoms with Crippen LogP contribution in [0, 0.1) is 19.7 Å². The Kier molecular flexibility index (Phi) is 5.21. The van der Waals surface area contributed by atoms with Gasteiger partial charge in [0.15, 0.2) is 0 Å². The van der Waals surface area contributed by atoms with Gasteiger partial charge in [0.05, 0.1) is 12.2 Å². The van der Waals surface area contributed by atoms with E-state index in [4.69, 9.17) is 0 Å². The van der Waals surface area contributed by atoms with Gasteiger partial charge in [-0.05, 0) is 49.9 Å². The molecule has 6 heteroatoms. The average Bonchev–Trinajstić information content (AvgIpc) is 2.57. The highest BCUT2D eigenvalue weighted by Crippen LogP contribution is 2.29. The summed E-state index contributed by atoms with van der Waals surface area (Å²) in [6, 6.07) is 9.98. The first-order valence-electron chi connectivity index (χ1n) is 8.64. The lowest BCUT2D eigenvalue weighted by atomic mass is 10.0. The number of urea groups is 1. The Morgan fingerprint density at radius 2 is 2.00 bits per heavy atom. The van der Waals surface area contributed by atoms with E-state index in [-0.39, 0.29) is 12.4 Å². The Labute approximate surface area is 152 Å². The number of benzene rings is 2. The van der Waals surface area contributed by atoms with Crippen LogP contribution in [-0.2, 0) is 11.2 Å². The second kappa shape index (κ2) is 7.56. The van der Waals surface area contributed by atoms with Crippen LogP contribution in [0.3, 0.4) is 0 Å². The molecule has 5 nitrogen and oxygen atoms in total. The van der Waals surface area contributed by atoms with Gasteiger partial charge in [0.25, 0.3) is 0 Å². The molecule has 0 bridgehead atoms. The third-order valence-electron chi connectivity index (χ3n) is 4.48. The van der Waals surface area contributed by atoms with Gasteiger partial charge in [0.1, 0.15) is 5.82 Å². The van der Waals surface area contributed by atoms with Gasteiger partial charge in [-0.25, -0.2) is 9.18 Å². The summed E-state index contributed by atoms with van der Waals surface area (Å²) in [5.74, 6) is -0.807. The molecule has 2 aromatic rings. The van der Waals surface area contributed by atoms with Gasteiger partial charge in [0.2, 0.25) is 5.91 Å². The van der Waals surface area contributed by atoms with Crippen LogP contribution in [0.5, 0.6) is 0 Å². The van der Waals surface area contributed by atoms with E-state index in [1.165, 1.54) is 6.07 Å². The number of carbonyl (C=O) groups excluding carboxylic acids is 2. The van der Waals surface area contributed by atoms with Gasteiger partial charge in [-0.1, -0.05) is 29.8 Å². The van der Waals surface area contributed by atoms with E-state index in [1.54, 1.807) is 17.0 Å². The number of hydrogen-bond donors (Lipinski definition) is 2. The minimum Gasteiger partial charge on any atom is -0.360 e. The fourth-order valence-corrected chi connectivity index (χ4v) is 3.29. The number of carbonyl (C=O) groups is 2. The molecule has 0 saturated heterocycles. The molecule has 0 atom stereocenters. The van der Waals surface area contributed by atoms with Crippen molar-refractivity contribution in [3.8, 4) is 0 Å². The van der Waals surface area contributed by atoms with Crippen LogP contribution in [-0.4, -0.2) is 25.0 Å². The zero-order chi connectivity index (χ0) is 18.7. The van der Waals surface area contributed by atoms with Gasteiger partial charge >= 0.3 is 6.03 Å². The number of para-hydroxylation sites is 1. The zero-order valence-electron chi connectivity index (χ0n) is 14.9. The van der Waals surface area contributed by atoms with Gasteiger partial charge in [0, 0.05) is 12.2 Å². The van der Waals surface area contributed by atoms with Crippen molar-refractivity contribution in [3.63, 3.8) is 0 Å². The highest BCUT2D eigenvalue weighted by atomic mass is 19.1. The number of aryl methyl sites for hydroxylation is 3. The Morgan fingerprint density at radius 3 is 2.77 bits per heavy atom. The molecule has 0 unspecified atom stereocenters. The molecule has 0 spiro atoms. The molecule has 2 aromatic carbocycles. The molecular weight excluding hydrogens is 333 g/mol. The molecular formula is C20H22FN3O2. The fraction of sp³-hybridized carbons (Fsp3) is 0.300. The Morgan fingerprint density at radius 1 is 1.19 bits per heavy atom. The number of fused-ring (bicyclic) bond motifs is 1. The summed E-state index contributed by atoms with van der Waals surface area (Å²) in [5, 5.41) is 4.99. The SMILES string of the molecule is Cc1ccc(NC(=O)NC(=O)CN2CCCc3cccc(F)c32)c(C)c1. The maximum absolute atomic E-state index is 14.1. The van der Waals surface area contributed by atoms with Crippen molar-refractivity contribution < 1.29 is 14.0 Å². The Bertz CT molecular complexity index is 851. The summed E-state index contributed by atoms with van der Waals surface area (Å²) in [6.45, 7) is 4.38. The van der Waals surface area contributed by atoms with Crippen molar-refractivity contribution >= 4 is 23.3 Å². The third-order valence-corrected chi connectivity index (χ3v) is 4.48. The number of nitrogens with one attached hydrogen (secondary N) is 2. The van der Waals surface area contributed by atoms with Crippen LogP contribution in [0.2, 0.25) is 0 Å². The Balaban J connectivity index is 1.62. The molecule has 1 aliphatic heterocycles. The van der Waals surface area contributed by atoms with E-state index in [1.807, 2.05) is 32.0 Å². The molecule has 136 valence electrons. The van der Waals surface area contributed by atoms with Crippen molar-refractivity contribution in [3.05, 3.63) is 58.9 Å². The molecule has 2 N–H and O–H groups in total. The summed E-state index contributed by atoms with van der Waals surface area (Å²) >= 11 is 0. The summed E-state index contributed by atoms with van der Waals surface area (Å²) in [6.07, 6.45) is 1.64. The van der Waals surface area contributed by atoms with Crippen LogP contribution >= 0.6 is 0 Å². The standard InChI is InChI=1S/C20H22FN3O2/c1-13-8-9-17(14(2)11-13)22-20(26)23-18(25)12-24-10-4-6-15-5-3-7-16(21)19(15)24/h3,5,7-9,11H,4,6,10,12H2,1-2H3,(H2,22,23,25,26). The van der Waals surface area contributed by atoms with Gasteiger partial charge < -0.3 is 10.2 Å². The second-order valence-electron chi connectivity index (χ2n) is 6.59. The monoisotopic (exact) mass is 355 g/mol. The van der Waals surface area contributed by atoms with Crippen molar-refractivity contribution in [1.82, 2.24) is 5.32 Å². The van der Waals surface area contributed by atoms with E-state index in [0.717, 1.165) is 29.5 Å². The quantitative estimate of drug-likeness (QED) is 0.885. The van der Waals surface area contributed by atoms with Gasteiger partial charge in [-0.15, -0.1) is 0 Å². The number of amides is 3. The summed E-state index contributed by atoms with van der Waals surface area (Å²) < 4.78 is 14.1.